The number of sulfonamides is 1. The van der Waals surface area contributed by atoms with Crippen LogP contribution in [0.3, 0.4) is 0 Å². The maximum Gasteiger partial charge on any atom is 0.242 e. The molecule has 0 aliphatic rings. The molecule has 2 aromatic carbocycles. The molecule has 1 heterocycles. The van der Waals surface area contributed by atoms with Gasteiger partial charge in [-0.25, -0.2) is 22.1 Å². The normalized spacial score (nSPS) is 12.0. The van der Waals surface area contributed by atoms with Gasteiger partial charge in [-0.2, -0.15) is 0 Å². The van der Waals surface area contributed by atoms with Crippen LogP contribution in [-0.2, 0) is 10.0 Å². The van der Waals surface area contributed by atoms with E-state index in [1.807, 2.05) is 0 Å². The van der Waals surface area contributed by atoms with E-state index in [1.165, 1.54) is 61.8 Å². The maximum atomic E-state index is 13.0. The van der Waals surface area contributed by atoms with Crippen molar-refractivity contribution in [1.82, 2.24) is 9.29 Å². The predicted octanol–water partition coefficient (Wildman–Crippen LogP) is 4.10. The number of halogens is 1. The van der Waals surface area contributed by atoms with Crippen LogP contribution in [0.5, 0.6) is 0 Å². The highest BCUT2D eigenvalue weighted by molar-refractivity contribution is 7.89. The fourth-order valence-electron chi connectivity index (χ4n) is 2.37. The average Bonchev–Trinajstić information content (AvgIpc) is 3.15. The summed E-state index contributed by atoms with van der Waals surface area (Å²) in [5.41, 5.74) is 1.65. The van der Waals surface area contributed by atoms with Crippen molar-refractivity contribution in [2.75, 3.05) is 14.1 Å². The fraction of sp³-hybridized carbons (Fsp3) is 0.100. The molecule has 28 heavy (non-hydrogen) atoms. The highest BCUT2D eigenvalue weighted by Crippen LogP contribution is 2.24. The van der Waals surface area contributed by atoms with Crippen LogP contribution < -0.4 is 0 Å². The standard InChI is InChI=1S/C20H17FN2O3S2/c1-23(2)28(25,26)18-5-3-4-15(12-18)19(24)11-10-17-13-27-20(22-17)14-6-8-16(21)9-7-14/h3-13H,1-2H3/b11-10+. The van der Waals surface area contributed by atoms with Crippen molar-refractivity contribution in [3.63, 3.8) is 0 Å². The molecule has 3 rings (SSSR count). The Bertz CT molecular complexity index is 1130. The molecule has 0 N–H and O–H groups in total. The van der Waals surface area contributed by atoms with Gasteiger partial charge in [0.2, 0.25) is 10.0 Å². The van der Waals surface area contributed by atoms with E-state index in [0.29, 0.717) is 10.7 Å². The molecule has 0 unspecified atom stereocenters. The number of hydrogen-bond acceptors (Lipinski definition) is 5. The van der Waals surface area contributed by atoms with Crippen molar-refractivity contribution < 1.29 is 17.6 Å². The van der Waals surface area contributed by atoms with E-state index in [1.54, 1.807) is 29.7 Å². The number of benzene rings is 2. The van der Waals surface area contributed by atoms with Gasteiger partial charge in [0.05, 0.1) is 10.6 Å². The number of carbonyl (C=O) groups is 1. The smallest absolute Gasteiger partial charge is 0.242 e. The largest absolute Gasteiger partial charge is 0.289 e. The summed E-state index contributed by atoms with van der Waals surface area (Å²) in [6.07, 6.45) is 2.92. The highest BCUT2D eigenvalue weighted by atomic mass is 32.2. The fourth-order valence-corrected chi connectivity index (χ4v) is 4.11. The first-order chi connectivity index (χ1) is 13.3. The van der Waals surface area contributed by atoms with Gasteiger partial charge < -0.3 is 0 Å². The molecule has 0 radical (unpaired) electrons. The summed E-state index contributed by atoms with van der Waals surface area (Å²) < 4.78 is 38.5. The maximum absolute atomic E-state index is 13.0. The molecular weight excluding hydrogens is 399 g/mol. The van der Waals surface area contributed by atoms with E-state index < -0.39 is 10.0 Å². The van der Waals surface area contributed by atoms with Gasteiger partial charge >= 0.3 is 0 Å². The first kappa shape index (κ1) is 20.1. The summed E-state index contributed by atoms with van der Waals surface area (Å²) in [5.74, 6) is -0.642. The zero-order valence-corrected chi connectivity index (χ0v) is 16.8. The minimum atomic E-state index is -3.61. The molecule has 0 fully saturated rings. The van der Waals surface area contributed by atoms with Crippen LogP contribution in [0, 0.1) is 5.82 Å². The van der Waals surface area contributed by atoms with Crippen molar-refractivity contribution >= 4 is 33.2 Å². The molecule has 5 nitrogen and oxygen atoms in total. The third-order valence-electron chi connectivity index (χ3n) is 3.92. The molecule has 144 valence electrons. The van der Waals surface area contributed by atoms with Gasteiger partial charge in [0.15, 0.2) is 5.78 Å². The van der Waals surface area contributed by atoms with Crippen LogP contribution in [0.1, 0.15) is 16.1 Å². The lowest BCUT2D eigenvalue weighted by atomic mass is 10.1. The Morgan fingerprint density at radius 1 is 1.14 bits per heavy atom. The molecule has 0 aliphatic carbocycles. The van der Waals surface area contributed by atoms with Gasteiger partial charge in [-0.1, -0.05) is 12.1 Å². The van der Waals surface area contributed by atoms with E-state index in [0.717, 1.165) is 9.87 Å². The summed E-state index contributed by atoms with van der Waals surface area (Å²) in [4.78, 5) is 16.9. The second-order valence-corrected chi connectivity index (χ2v) is 9.11. The minimum Gasteiger partial charge on any atom is -0.289 e. The van der Waals surface area contributed by atoms with Crippen molar-refractivity contribution in [1.29, 1.82) is 0 Å². The summed E-state index contributed by atoms with van der Waals surface area (Å²) in [6, 6.07) is 11.9. The molecule has 8 heteroatoms. The molecule has 0 saturated carbocycles. The Hall–Kier alpha value is -2.68. The quantitative estimate of drug-likeness (QED) is 0.448. The van der Waals surface area contributed by atoms with Gasteiger partial charge in [0, 0.05) is 30.6 Å². The summed E-state index contributed by atoms with van der Waals surface area (Å²) in [5, 5.41) is 2.50. The average molecular weight is 416 g/mol. The van der Waals surface area contributed by atoms with E-state index in [9.17, 15) is 17.6 Å². The topological polar surface area (TPSA) is 67.3 Å². The van der Waals surface area contributed by atoms with E-state index >= 15 is 0 Å². The Morgan fingerprint density at radius 3 is 2.54 bits per heavy atom. The summed E-state index contributed by atoms with van der Waals surface area (Å²) in [7, 11) is -0.740. The van der Waals surface area contributed by atoms with Crippen LogP contribution >= 0.6 is 11.3 Å². The minimum absolute atomic E-state index is 0.0593. The predicted molar refractivity (Wildman–Crippen MR) is 108 cm³/mol. The first-order valence-electron chi connectivity index (χ1n) is 8.24. The third-order valence-corrected chi connectivity index (χ3v) is 6.64. The number of thiazole rings is 1. The van der Waals surface area contributed by atoms with Gasteiger partial charge in [-0.15, -0.1) is 11.3 Å². The SMILES string of the molecule is CN(C)S(=O)(=O)c1cccc(C(=O)/C=C/c2csc(-c3ccc(F)cc3)n2)c1. The van der Waals surface area contributed by atoms with Gasteiger partial charge in [-0.3, -0.25) is 4.79 Å². The Balaban J connectivity index is 1.78. The lowest BCUT2D eigenvalue weighted by Gasteiger charge is -2.11. The highest BCUT2D eigenvalue weighted by Gasteiger charge is 2.18. The number of allylic oxidation sites excluding steroid dienone is 1. The van der Waals surface area contributed by atoms with E-state index in [-0.39, 0.29) is 22.1 Å². The van der Waals surface area contributed by atoms with Crippen molar-refractivity contribution in [3.8, 4) is 10.6 Å². The third kappa shape index (κ3) is 4.41. The molecule has 0 saturated heterocycles. The lowest BCUT2D eigenvalue weighted by molar-refractivity contribution is 0.104. The van der Waals surface area contributed by atoms with Crippen LogP contribution in [-0.4, -0.2) is 37.6 Å². The summed E-state index contributed by atoms with van der Waals surface area (Å²) in [6.45, 7) is 0. The van der Waals surface area contributed by atoms with Crippen LogP contribution in [0.25, 0.3) is 16.6 Å². The van der Waals surface area contributed by atoms with Gasteiger partial charge in [0.25, 0.3) is 0 Å². The molecule has 0 bridgehead atoms. The molecule has 0 spiro atoms. The lowest BCUT2D eigenvalue weighted by Crippen LogP contribution is -2.22. The Morgan fingerprint density at radius 2 is 1.86 bits per heavy atom. The molecular formula is C20H17FN2O3S2. The van der Waals surface area contributed by atoms with E-state index in [2.05, 4.69) is 4.98 Å². The van der Waals surface area contributed by atoms with Crippen LogP contribution in [0.4, 0.5) is 4.39 Å². The number of hydrogen-bond donors (Lipinski definition) is 0. The van der Waals surface area contributed by atoms with Crippen LogP contribution in [0.15, 0.2) is 64.9 Å². The van der Waals surface area contributed by atoms with Gasteiger partial charge in [0.1, 0.15) is 10.8 Å². The number of aromatic nitrogens is 1. The molecule has 1 aromatic heterocycles. The first-order valence-corrected chi connectivity index (χ1v) is 10.6. The number of nitrogens with zero attached hydrogens (tertiary/aromatic N) is 2. The second kappa shape index (κ2) is 8.14. The Labute approximate surface area is 166 Å². The monoisotopic (exact) mass is 416 g/mol. The zero-order valence-electron chi connectivity index (χ0n) is 15.2. The van der Waals surface area contributed by atoms with Crippen LogP contribution in [0.2, 0.25) is 0 Å². The number of carbonyl (C=O) groups excluding carboxylic acids is 1. The molecule has 0 atom stereocenters. The molecule has 0 amide bonds. The second-order valence-electron chi connectivity index (χ2n) is 6.10. The van der Waals surface area contributed by atoms with Gasteiger partial charge in [-0.05, 0) is 48.6 Å². The van der Waals surface area contributed by atoms with Crippen molar-refractivity contribution in [2.24, 2.45) is 0 Å². The van der Waals surface area contributed by atoms with Crippen molar-refractivity contribution in [2.45, 2.75) is 4.90 Å². The number of ketones is 1. The summed E-state index contributed by atoms with van der Waals surface area (Å²) >= 11 is 1.38. The molecule has 3 aromatic rings. The Kier molecular flexibility index (Phi) is 5.83. The van der Waals surface area contributed by atoms with E-state index in [4.69, 9.17) is 0 Å². The zero-order chi connectivity index (χ0) is 20.3. The van der Waals surface area contributed by atoms with Crippen molar-refractivity contribution in [3.05, 3.63) is 77.1 Å². The molecule has 0 aliphatic heterocycles. The number of rotatable bonds is 6.